The number of halogens is 2. The van der Waals surface area contributed by atoms with Crippen LogP contribution in [0.1, 0.15) is 26.3 Å². The smallest absolute Gasteiger partial charge is 0.132 e. The lowest BCUT2D eigenvalue weighted by atomic mass is 9.85. The lowest BCUT2D eigenvalue weighted by Gasteiger charge is -2.20. The molecule has 0 fully saturated rings. The van der Waals surface area contributed by atoms with Gasteiger partial charge in [-0.05, 0) is 40.8 Å². The Bertz CT molecular complexity index is 594. The van der Waals surface area contributed by atoms with Crippen LogP contribution < -0.4 is 0 Å². The van der Waals surface area contributed by atoms with Crippen LogP contribution in [0.4, 0.5) is 4.39 Å². The van der Waals surface area contributed by atoms with Crippen LogP contribution in [0.25, 0.3) is 11.1 Å². The van der Waals surface area contributed by atoms with Gasteiger partial charge in [0.15, 0.2) is 0 Å². The molecule has 0 heterocycles. The summed E-state index contributed by atoms with van der Waals surface area (Å²) in [5.41, 5.74) is 1.71. The molecule has 0 amide bonds. The maximum atomic E-state index is 13.9. The summed E-state index contributed by atoms with van der Waals surface area (Å²) in [5.74, 6) is -0.278. The van der Waals surface area contributed by atoms with Crippen LogP contribution in [-0.2, 0) is 5.41 Å². The Morgan fingerprint density at radius 3 is 2.37 bits per heavy atom. The lowest BCUT2D eigenvalue weighted by Crippen LogP contribution is -2.11. The molecule has 0 bridgehead atoms. The number of hydrogen-bond acceptors (Lipinski definition) is 1. The molecule has 100 valence electrons. The lowest BCUT2D eigenvalue weighted by molar-refractivity contribution is 0.471. The molecule has 0 radical (unpaired) electrons. The van der Waals surface area contributed by atoms with Crippen LogP contribution in [0.15, 0.2) is 36.4 Å². The minimum Gasteiger partial charge on any atom is -0.508 e. The van der Waals surface area contributed by atoms with E-state index in [4.69, 9.17) is 11.6 Å². The van der Waals surface area contributed by atoms with Gasteiger partial charge in [0, 0.05) is 5.56 Å². The summed E-state index contributed by atoms with van der Waals surface area (Å²) in [6.45, 7) is 6.11. The van der Waals surface area contributed by atoms with Crippen molar-refractivity contribution in [3.63, 3.8) is 0 Å². The van der Waals surface area contributed by atoms with E-state index in [-0.39, 0.29) is 11.2 Å². The van der Waals surface area contributed by atoms with Crippen LogP contribution in [0, 0.1) is 5.82 Å². The minimum absolute atomic E-state index is 0.113. The summed E-state index contributed by atoms with van der Waals surface area (Å²) in [4.78, 5) is 0. The van der Waals surface area contributed by atoms with E-state index in [1.54, 1.807) is 18.2 Å². The van der Waals surface area contributed by atoms with Crippen LogP contribution in [0.2, 0.25) is 5.02 Å². The van der Waals surface area contributed by atoms with Crippen molar-refractivity contribution >= 4 is 11.6 Å². The van der Waals surface area contributed by atoms with Crippen molar-refractivity contribution < 1.29 is 9.50 Å². The first-order valence-electron chi connectivity index (χ1n) is 6.08. The summed E-state index contributed by atoms with van der Waals surface area (Å²) in [7, 11) is 0. The van der Waals surface area contributed by atoms with Crippen molar-refractivity contribution in [2.45, 2.75) is 26.2 Å². The van der Waals surface area contributed by atoms with Crippen molar-refractivity contribution in [3.8, 4) is 16.9 Å². The van der Waals surface area contributed by atoms with Gasteiger partial charge in [-0.2, -0.15) is 0 Å². The van der Waals surface area contributed by atoms with E-state index in [9.17, 15) is 9.50 Å². The Balaban J connectivity index is 2.67. The number of rotatable bonds is 1. The third-order valence-electron chi connectivity index (χ3n) is 3.04. The van der Waals surface area contributed by atoms with E-state index in [0.717, 1.165) is 5.56 Å². The SMILES string of the molecule is CC(C)(C)c1cc(O)cc(-c2c(F)cccc2Cl)c1. The first-order valence-corrected chi connectivity index (χ1v) is 6.46. The highest BCUT2D eigenvalue weighted by molar-refractivity contribution is 6.33. The van der Waals surface area contributed by atoms with Gasteiger partial charge >= 0.3 is 0 Å². The molecule has 0 aromatic heterocycles. The molecule has 1 nitrogen and oxygen atoms in total. The topological polar surface area (TPSA) is 20.2 Å². The first-order chi connectivity index (χ1) is 8.79. The maximum Gasteiger partial charge on any atom is 0.132 e. The fourth-order valence-corrected chi connectivity index (χ4v) is 2.23. The van der Waals surface area contributed by atoms with Crippen molar-refractivity contribution in [3.05, 3.63) is 52.8 Å². The Morgan fingerprint density at radius 1 is 1.11 bits per heavy atom. The van der Waals surface area contributed by atoms with Crippen LogP contribution >= 0.6 is 11.6 Å². The first kappa shape index (κ1) is 13.9. The van der Waals surface area contributed by atoms with Gasteiger partial charge in [0.1, 0.15) is 11.6 Å². The Labute approximate surface area is 117 Å². The highest BCUT2D eigenvalue weighted by Crippen LogP contribution is 2.36. The molecule has 0 aliphatic heterocycles. The summed E-state index contributed by atoms with van der Waals surface area (Å²) in [6.07, 6.45) is 0. The van der Waals surface area contributed by atoms with Gasteiger partial charge in [-0.1, -0.05) is 44.5 Å². The third-order valence-corrected chi connectivity index (χ3v) is 3.35. The highest BCUT2D eigenvalue weighted by atomic mass is 35.5. The molecule has 2 aromatic rings. The van der Waals surface area contributed by atoms with Crippen LogP contribution in [-0.4, -0.2) is 5.11 Å². The van der Waals surface area contributed by atoms with Crippen LogP contribution in [0.5, 0.6) is 5.75 Å². The fourth-order valence-electron chi connectivity index (χ4n) is 1.96. The quantitative estimate of drug-likeness (QED) is 0.765. The van der Waals surface area contributed by atoms with Gasteiger partial charge in [0.2, 0.25) is 0 Å². The summed E-state index contributed by atoms with van der Waals surface area (Å²) in [6, 6.07) is 9.65. The van der Waals surface area contributed by atoms with Crippen molar-refractivity contribution in [1.29, 1.82) is 0 Å². The Morgan fingerprint density at radius 2 is 1.79 bits per heavy atom. The zero-order chi connectivity index (χ0) is 14.2. The minimum atomic E-state index is -0.391. The van der Waals surface area contributed by atoms with Crippen molar-refractivity contribution in [2.75, 3.05) is 0 Å². The average molecular weight is 279 g/mol. The van der Waals surface area contributed by atoms with E-state index < -0.39 is 5.82 Å². The van der Waals surface area contributed by atoms with Crippen molar-refractivity contribution in [2.24, 2.45) is 0 Å². The van der Waals surface area contributed by atoms with Gasteiger partial charge < -0.3 is 5.11 Å². The number of phenols is 1. The molecule has 1 N–H and O–H groups in total. The Kier molecular flexibility index (Phi) is 3.55. The van der Waals surface area contributed by atoms with E-state index in [2.05, 4.69) is 0 Å². The summed E-state index contributed by atoms with van der Waals surface area (Å²) in [5, 5.41) is 10.2. The predicted molar refractivity (Wildman–Crippen MR) is 77.2 cm³/mol. The number of aromatic hydroxyl groups is 1. The second-order valence-corrected chi connectivity index (χ2v) is 6.02. The molecule has 0 aliphatic carbocycles. The number of hydrogen-bond donors (Lipinski definition) is 1. The van der Waals surface area contributed by atoms with E-state index in [1.807, 2.05) is 26.8 Å². The number of benzene rings is 2. The molecule has 2 rings (SSSR count). The molecule has 19 heavy (non-hydrogen) atoms. The zero-order valence-electron chi connectivity index (χ0n) is 11.2. The average Bonchev–Trinajstić information content (AvgIpc) is 2.26. The van der Waals surface area contributed by atoms with Gasteiger partial charge in [0.25, 0.3) is 0 Å². The second kappa shape index (κ2) is 4.86. The molecule has 0 saturated heterocycles. The van der Waals surface area contributed by atoms with Gasteiger partial charge in [-0.3, -0.25) is 0 Å². The molecular weight excluding hydrogens is 263 g/mol. The fraction of sp³-hybridized carbons (Fsp3) is 0.250. The van der Waals surface area contributed by atoms with Gasteiger partial charge in [-0.25, -0.2) is 4.39 Å². The van der Waals surface area contributed by atoms with E-state index in [1.165, 1.54) is 12.1 Å². The molecule has 3 heteroatoms. The summed E-state index contributed by atoms with van der Waals surface area (Å²) < 4.78 is 13.9. The van der Waals surface area contributed by atoms with Gasteiger partial charge in [0.05, 0.1) is 5.02 Å². The number of phenolic OH excluding ortho intramolecular Hbond substituents is 1. The zero-order valence-corrected chi connectivity index (χ0v) is 11.9. The van der Waals surface area contributed by atoms with Gasteiger partial charge in [-0.15, -0.1) is 0 Å². The monoisotopic (exact) mass is 278 g/mol. The summed E-state index contributed by atoms with van der Waals surface area (Å²) >= 11 is 6.06. The van der Waals surface area contributed by atoms with E-state index >= 15 is 0 Å². The predicted octanol–water partition coefficient (Wildman–Crippen LogP) is 5.15. The molecule has 2 aromatic carbocycles. The third kappa shape index (κ3) is 2.90. The second-order valence-electron chi connectivity index (χ2n) is 5.62. The molecule has 0 unspecified atom stereocenters. The highest BCUT2D eigenvalue weighted by Gasteiger charge is 2.18. The largest absolute Gasteiger partial charge is 0.508 e. The molecular formula is C16H16ClFO. The molecule has 0 atom stereocenters. The molecule has 0 spiro atoms. The van der Waals surface area contributed by atoms with E-state index in [0.29, 0.717) is 16.1 Å². The normalized spacial score (nSPS) is 11.6. The standard InChI is InChI=1S/C16H16ClFO/c1-16(2,3)11-7-10(8-12(19)9-11)15-13(17)5-4-6-14(15)18/h4-9,19H,1-3H3. The van der Waals surface area contributed by atoms with Crippen LogP contribution in [0.3, 0.4) is 0 Å². The maximum absolute atomic E-state index is 13.9. The molecule has 0 aliphatic rings. The Hall–Kier alpha value is -1.54. The van der Waals surface area contributed by atoms with Crippen molar-refractivity contribution in [1.82, 2.24) is 0 Å². The molecule has 0 saturated carbocycles.